The molecule has 1 N–H and O–H groups in total. The highest BCUT2D eigenvalue weighted by atomic mass is 35.5. The number of amides is 3. The second kappa shape index (κ2) is 4.39. The molecule has 1 aliphatic heterocycles. The van der Waals surface area contributed by atoms with E-state index in [0.717, 1.165) is 4.90 Å². The van der Waals surface area contributed by atoms with Crippen molar-refractivity contribution in [1.29, 1.82) is 0 Å². The molecule has 0 aliphatic carbocycles. The zero-order valence-electron chi connectivity index (χ0n) is 11.7. The van der Waals surface area contributed by atoms with Crippen molar-refractivity contribution in [3.8, 4) is 0 Å². The summed E-state index contributed by atoms with van der Waals surface area (Å²) in [5.41, 5.74) is -0.367. The third-order valence-electron chi connectivity index (χ3n) is 3.34. The summed E-state index contributed by atoms with van der Waals surface area (Å²) in [6.45, 7) is 3.26. The molecule has 0 atom stereocenters. The van der Waals surface area contributed by atoms with E-state index in [9.17, 15) is 9.59 Å². The van der Waals surface area contributed by atoms with Crippen LogP contribution in [0.2, 0.25) is 5.15 Å². The SMILES string of the molecule is Cn1ncc2c(Cl)nc(CN3C(=O)NC(C)(C)C3=O)nc21. The van der Waals surface area contributed by atoms with Crippen LogP contribution in [0.3, 0.4) is 0 Å². The number of fused-ring (bicyclic) bond motifs is 1. The molecular formula is C12H13ClN6O2. The lowest BCUT2D eigenvalue weighted by Gasteiger charge is -2.15. The van der Waals surface area contributed by atoms with Crippen molar-refractivity contribution >= 4 is 34.6 Å². The summed E-state index contributed by atoms with van der Waals surface area (Å²) in [6.07, 6.45) is 1.57. The van der Waals surface area contributed by atoms with Crippen LogP contribution in [0.25, 0.3) is 11.0 Å². The van der Waals surface area contributed by atoms with Crippen LogP contribution in [0.5, 0.6) is 0 Å². The first kappa shape index (κ1) is 13.7. The van der Waals surface area contributed by atoms with Crippen LogP contribution in [0, 0.1) is 0 Å². The largest absolute Gasteiger partial charge is 0.325 e. The summed E-state index contributed by atoms with van der Waals surface area (Å²) < 4.78 is 1.56. The van der Waals surface area contributed by atoms with Gasteiger partial charge in [-0.25, -0.2) is 14.8 Å². The van der Waals surface area contributed by atoms with Crippen LogP contribution in [0.4, 0.5) is 4.79 Å². The van der Waals surface area contributed by atoms with Crippen molar-refractivity contribution < 1.29 is 9.59 Å². The van der Waals surface area contributed by atoms with E-state index in [1.165, 1.54) is 0 Å². The van der Waals surface area contributed by atoms with Gasteiger partial charge in [0, 0.05) is 7.05 Å². The Kier molecular flexibility index (Phi) is 2.87. The van der Waals surface area contributed by atoms with E-state index in [1.807, 2.05) is 0 Å². The summed E-state index contributed by atoms with van der Waals surface area (Å²) in [5.74, 6) is -0.0328. The van der Waals surface area contributed by atoms with Gasteiger partial charge < -0.3 is 5.32 Å². The Hall–Kier alpha value is -2.22. The van der Waals surface area contributed by atoms with Gasteiger partial charge in [-0.3, -0.25) is 14.4 Å². The predicted octanol–water partition coefficient (Wildman–Crippen LogP) is 0.847. The Labute approximate surface area is 125 Å². The number of carbonyl (C=O) groups is 2. The van der Waals surface area contributed by atoms with Gasteiger partial charge >= 0.3 is 6.03 Å². The molecule has 21 heavy (non-hydrogen) atoms. The number of rotatable bonds is 2. The number of urea groups is 1. The molecular weight excluding hydrogens is 296 g/mol. The maximum Gasteiger partial charge on any atom is 0.325 e. The predicted molar refractivity (Wildman–Crippen MR) is 74.5 cm³/mol. The van der Waals surface area contributed by atoms with E-state index in [0.29, 0.717) is 11.0 Å². The number of hydrogen-bond donors (Lipinski definition) is 1. The normalized spacial score (nSPS) is 17.6. The fraction of sp³-hybridized carbons (Fsp3) is 0.417. The zero-order valence-corrected chi connectivity index (χ0v) is 12.5. The Morgan fingerprint density at radius 3 is 2.67 bits per heavy atom. The van der Waals surface area contributed by atoms with E-state index >= 15 is 0 Å². The van der Waals surface area contributed by atoms with Crippen molar-refractivity contribution in [3.05, 3.63) is 17.2 Å². The maximum absolute atomic E-state index is 12.1. The number of aromatic nitrogens is 4. The molecule has 1 aliphatic rings. The molecule has 2 aromatic heterocycles. The monoisotopic (exact) mass is 308 g/mol. The van der Waals surface area contributed by atoms with E-state index in [-0.39, 0.29) is 23.4 Å². The average Bonchev–Trinajstić information content (AvgIpc) is 2.84. The van der Waals surface area contributed by atoms with Gasteiger partial charge in [-0.05, 0) is 13.8 Å². The Bertz CT molecular complexity index is 768. The van der Waals surface area contributed by atoms with Gasteiger partial charge in [0.2, 0.25) is 0 Å². The first-order valence-electron chi connectivity index (χ1n) is 6.28. The molecule has 1 fully saturated rings. The fourth-order valence-electron chi connectivity index (χ4n) is 2.20. The third kappa shape index (κ3) is 2.11. The van der Waals surface area contributed by atoms with E-state index in [4.69, 9.17) is 11.6 Å². The number of nitrogens with zero attached hydrogens (tertiary/aromatic N) is 5. The molecule has 2 aromatic rings. The molecule has 0 radical (unpaired) electrons. The summed E-state index contributed by atoms with van der Waals surface area (Å²) in [4.78, 5) is 33.5. The molecule has 0 saturated carbocycles. The molecule has 3 amide bonds. The maximum atomic E-state index is 12.1. The Balaban J connectivity index is 1.97. The van der Waals surface area contributed by atoms with Gasteiger partial charge in [0.25, 0.3) is 5.91 Å². The first-order valence-corrected chi connectivity index (χ1v) is 6.65. The van der Waals surface area contributed by atoms with Gasteiger partial charge in [-0.2, -0.15) is 5.10 Å². The van der Waals surface area contributed by atoms with Crippen LogP contribution >= 0.6 is 11.6 Å². The molecule has 9 heteroatoms. The van der Waals surface area contributed by atoms with Crippen molar-refractivity contribution in [1.82, 2.24) is 30.0 Å². The third-order valence-corrected chi connectivity index (χ3v) is 3.62. The molecule has 3 rings (SSSR count). The highest BCUT2D eigenvalue weighted by molar-refractivity contribution is 6.33. The molecule has 0 spiro atoms. The minimum Gasteiger partial charge on any atom is -0.324 e. The van der Waals surface area contributed by atoms with Crippen molar-refractivity contribution in [2.45, 2.75) is 25.9 Å². The van der Waals surface area contributed by atoms with Crippen molar-refractivity contribution in [3.63, 3.8) is 0 Å². The lowest BCUT2D eigenvalue weighted by atomic mass is 10.1. The number of imide groups is 1. The smallest absolute Gasteiger partial charge is 0.324 e. The van der Waals surface area contributed by atoms with Crippen LogP contribution in [0.15, 0.2) is 6.20 Å². The number of hydrogen-bond acceptors (Lipinski definition) is 5. The van der Waals surface area contributed by atoms with Crippen molar-refractivity contribution in [2.24, 2.45) is 7.05 Å². The number of halogens is 1. The van der Waals surface area contributed by atoms with Gasteiger partial charge in [0.1, 0.15) is 10.7 Å². The zero-order chi connectivity index (χ0) is 15.4. The second-order valence-electron chi connectivity index (χ2n) is 5.38. The van der Waals surface area contributed by atoms with Crippen LogP contribution in [-0.4, -0.2) is 42.1 Å². The molecule has 8 nitrogen and oxygen atoms in total. The Morgan fingerprint density at radius 2 is 2.05 bits per heavy atom. The Morgan fingerprint density at radius 1 is 1.33 bits per heavy atom. The molecule has 0 aromatic carbocycles. The van der Waals surface area contributed by atoms with Gasteiger partial charge in [0.05, 0.1) is 18.1 Å². The summed E-state index contributed by atoms with van der Waals surface area (Å²) in [7, 11) is 1.73. The molecule has 1 saturated heterocycles. The van der Waals surface area contributed by atoms with E-state index in [2.05, 4.69) is 20.4 Å². The summed E-state index contributed by atoms with van der Waals surface area (Å²) in [5, 5.41) is 7.53. The number of carbonyl (C=O) groups excluding carboxylic acids is 2. The summed E-state index contributed by atoms with van der Waals surface area (Å²) in [6, 6.07) is -0.463. The number of aryl methyl sites for hydroxylation is 1. The molecule has 3 heterocycles. The average molecular weight is 309 g/mol. The van der Waals surface area contributed by atoms with Crippen LogP contribution in [-0.2, 0) is 18.4 Å². The first-order chi connectivity index (χ1) is 9.79. The fourth-order valence-corrected chi connectivity index (χ4v) is 2.43. The molecule has 110 valence electrons. The summed E-state index contributed by atoms with van der Waals surface area (Å²) >= 11 is 6.08. The van der Waals surface area contributed by atoms with Gasteiger partial charge in [-0.1, -0.05) is 11.6 Å². The van der Waals surface area contributed by atoms with Crippen molar-refractivity contribution in [2.75, 3.05) is 0 Å². The highest BCUT2D eigenvalue weighted by Gasteiger charge is 2.44. The van der Waals surface area contributed by atoms with Crippen LogP contribution in [0.1, 0.15) is 19.7 Å². The highest BCUT2D eigenvalue weighted by Crippen LogP contribution is 2.22. The lowest BCUT2D eigenvalue weighted by molar-refractivity contribution is -0.130. The van der Waals surface area contributed by atoms with Gasteiger partial charge in [-0.15, -0.1) is 0 Å². The minimum absolute atomic E-state index is 0.0328. The topological polar surface area (TPSA) is 93.0 Å². The second-order valence-corrected chi connectivity index (χ2v) is 5.74. The lowest BCUT2D eigenvalue weighted by Crippen LogP contribution is -2.40. The quantitative estimate of drug-likeness (QED) is 0.655. The van der Waals surface area contributed by atoms with Gasteiger partial charge in [0.15, 0.2) is 11.5 Å². The molecule has 0 bridgehead atoms. The van der Waals surface area contributed by atoms with E-state index in [1.54, 1.807) is 31.8 Å². The standard InChI is InChI=1S/C12H13ClN6O2/c1-12(2)10(20)19(11(21)17-12)5-7-15-8(13)6-4-14-18(3)9(6)16-7/h4H,5H2,1-3H3,(H,17,21). The number of nitrogens with one attached hydrogen (secondary N) is 1. The van der Waals surface area contributed by atoms with E-state index < -0.39 is 11.6 Å². The van der Waals surface area contributed by atoms with Crippen LogP contribution < -0.4 is 5.32 Å². The minimum atomic E-state index is -0.919. The molecule has 0 unspecified atom stereocenters.